The van der Waals surface area contributed by atoms with E-state index in [1.165, 1.54) is 0 Å². The molecule has 5 heteroatoms. The molecule has 14 heavy (non-hydrogen) atoms. The summed E-state index contributed by atoms with van der Waals surface area (Å²) in [7, 11) is 0. The van der Waals surface area contributed by atoms with E-state index >= 15 is 0 Å². The minimum absolute atomic E-state index is 0.344. The highest BCUT2D eigenvalue weighted by Gasteiger charge is 2.05. The summed E-state index contributed by atoms with van der Waals surface area (Å²) in [5, 5.41) is 16.1. The summed E-state index contributed by atoms with van der Waals surface area (Å²) in [5.74, 6) is 0.432. The molecule has 1 aromatic carbocycles. The van der Waals surface area contributed by atoms with Crippen molar-refractivity contribution in [2.45, 2.75) is 0 Å². The van der Waals surface area contributed by atoms with Crippen molar-refractivity contribution < 1.29 is 4.42 Å². The standard InChI is InChI=1S/C9H4BrN3O/c10-9-13-12-8(14-9)7-3-1-6(5-11)2-4-7/h1-4H. The highest BCUT2D eigenvalue weighted by Crippen LogP contribution is 2.19. The Balaban J connectivity index is 2.39. The van der Waals surface area contributed by atoms with Crippen molar-refractivity contribution in [3.63, 3.8) is 0 Å². The Morgan fingerprint density at radius 2 is 1.93 bits per heavy atom. The summed E-state index contributed by atoms with van der Waals surface area (Å²) in [4.78, 5) is 0.344. The zero-order valence-electron chi connectivity index (χ0n) is 6.94. The van der Waals surface area contributed by atoms with Crippen LogP contribution in [0.5, 0.6) is 0 Å². The number of nitrogens with zero attached hydrogens (tertiary/aromatic N) is 3. The first-order valence-corrected chi connectivity index (χ1v) is 4.58. The molecule has 0 saturated heterocycles. The predicted octanol–water partition coefficient (Wildman–Crippen LogP) is 2.37. The third kappa shape index (κ3) is 1.65. The van der Waals surface area contributed by atoms with Gasteiger partial charge in [0.15, 0.2) is 0 Å². The number of halogens is 1. The average molecular weight is 250 g/mol. The lowest BCUT2D eigenvalue weighted by molar-refractivity contribution is 0.540. The highest BCUT2D eigenvalue weighted by atomic mass is 79.9. The maximum absolute atomic E-state index is 8.59. The van der Waals surface area contributed by atoms with Gasteiger partial charge in [0, 0.05) is 21.5 Å². The van der Waals surface area contributed by atoms with Gasteiger partial charge < -0.3 is 4.42 Å². The monoisotopic (exact) mass is 249 g/mol. The van der Waals surface area contributed by atoms with Crippen LogP contribution >= 0.6 is 15.9 Å². The Hall–Kier alpha value is -1.67. The number of hydrogen-bond acceptors (Lipinski definition) is 4. The topological polar surface area (TPSA) is 62.7 Å². The highest BCUT2D eigenvalue weighted by molar-refractivity contribution is 9.10. The van der Waals surface area contributed by atoms with Gasteiger partial charge >= 0.3 is 0 Å². The van der Waals surface area contributed by atoms with Crippen LogP contribution < -0.4 is 0 Å². The number of benzene rings is 1. The van der Waals surface area contributed by atoms with Gasteiger partial charge in [0.05, 0.1) is 11.6 Å². The van der Waals surface area contributed by atoms with E-state index in [1.54, 1.807) is 24.3 Å². The SMILES string of the molecule is N#Cc1ccc(-c2nnc(Br)o2)cc1. The van der Waals surface area contributed by atoms with Crippen molar-refractivity contribution in [1.82, 2.24) is 10.2 Å². The molecule has 0 bridgehead atoms. The molecule has 0 fully saturated rings. The van der Waals surface area contributed by atoms with E-state index in [2.05, 4.69) is 26.1 Å². The fraction of sp³-hybridized carbons (Fsp3) is 0. The number of nitriles is 1. The van der Waals surface area contributed by atoms with E-state index in [9.17, 15) is 0 Å². The lowest BCUT2D eigenvalue weighted by Gasteiger charge is -1.92. The van der Waals surface area contributed by atoms with E-state index in [1.807, 2.05) is 6.07 Å². The zero-order valence-corrected chi connectivity index (χ0v) is 8.52. The second-order valence-electron chi connectivity index (χ2n) is 2.55. The Kier molecular flexibility index (Phi) is 2.29. The molecule has 0 aliphatic rings. The van der Waals surface area contributed by atoms with Crippen LogP contribution in [0.4, 0.5) is 0 Å². The molecule has 0 atom stereocenters. The van der Waals surface area contributed by atoms with Crippen molar-refractivity contribution >= 4 is 15.9 Å². The molecule has 0 amide bonds. The van der Waals surface area contributed by atoms with Gasteiger partial charge in [-0.3, -0.25) is 0 Å². The molecule has 2 aromatic rings. The third-order valence-electron chi connectivity index (χ3n) is 1.66. The van der Waals surface area contributed by atoms with Gasteiger partial charge in [-0.25, -0.2) is 0 Å². The lowest BCUT2D eigenvalue weighted by atomic mass is 10.1. The van der Waals surface area contributed by atoms with Gasteiger partial charge in [0.2, 0.25) is 5.89 Å². The third-order valence-corrected chi connectivity index (χ3v) is 1.98. The molecule has 0 aliphatic heterocycles. The number of rotatable bonds is 1. The van der Waals surface area contributed by atoms with Crippen LogP contribution in [0.3, 0.4) is 0 Å². The Morgan fingerprint density at radius 1 is 1.21 bits per heavy atom. The van der Waals surface area contributed by atoms with Crippen molar-refractivity contribution in [3.05, 3.63) is 34.6 Å². The van der Waals surface area contributed by atoms with Crippen molar-refractivity contribution in [2.24, 2.45) is 0 Å². The summed E-state index contributed by atoms with van der Waals surface area (Å²) in [5.41, 5.74) is 1.40. The molecule has 68 valence electrons. The molecule has 4 nitrogen and oxygen atoms in total. The molecule has 0 aliphatic carbocycles. The first-order chi connectivity index (χ1) is 6.79. The van der Waals surface area contributed by atoms with Gasteiger partial charge in [-0.2, -0.15) is 5.26 Å². The quantitative estimate of drug-likeness (QED) is 0.779. The minimum Gasteiger partial charge on any atom is -0.411 e. The van der Waals surface area contributed by atoms with Crippen LogP contribution in [0.15, 0.2) is 33.5 Å². The molecule has 1 heterocycles. The predicted molar refractivity (Wildman–Crippen MR) is 52.1 cm³/mol. The minimum atomic E-state index is 0.344. The van der Waals surface area contributed by atoms with E-state index in [0.717, 1.165) is 5.56 Å². The number of hydrogen-bond donors (Lipinski definition) is 0. The van der Waals surface area contributed by atoms with E-state index in [-0.39, 0.29) is 0 Å². The van der Waals surface area contributed by atoms with Gasteiger partial charge in [0.25, 0.3) is 4.80 Å². The van der Waals surface area contributed by atoms with Crippen molar-refractivity contribution in [2.75, 3.05) is 0 Å². The maximum Gasteiger partial charge on any atom is 0.285 e. The van der Waals surface area contributed by atoms with Crippen LogP contribution in [0.2, 0.25) is 0 Å². The summed E-state index contributed by atoms with van der Waals surface area (Å²) in [6.07, 6.45) is 0. The Morgan fingerprint density at radius 3 is 2.43 bits per heavy atom. The maximum atomic E-state index is 8.59. The van der Waals surface area contributed by atoms with E-state index < -0.39 is 0 Å². The first-order valence-electron chi connectivity index (χ1n) is 3.79. The van der Waals surface area contributed by atoms with Gasteiger partial charge in [-0.1, -0.05) is 0 Å². The smallest absolute Gasteiger partial charge is 0.285 e. The first kappa shape index (κ1) is 8.91. The normalized spacial score (nSPS) is 9.71. The number of aromatic nitrogens is 2. The van der Waals surface area contributed by atoms with E-state index in [4.69, 9.17) is 9.68 Å². The second-order valence-corrected chi connectivity index (χ2v) is 3.23. The zero-order chi connectivity index (χ0) is 9.97. The van der Waals surface area contributed by atoms with Crippen LogP contribution in [0.25, 0.3) is 11.5 Å². The van der Waals surface area contributed by atoms with Gasteiger partial charge in [0.1, 0.15) is 0 Å². The van der Waals surface area contributed by atoms with Crippen LogP contribution in [-0.2, 0) is 0 Å². The fourth-order valence-corrected chi connectivity index (χ4v) is 1.24. The summed E-state index contributed by atoms with van der Waals surface area (Å²) >= 11 is 3.06. The molecule has 1 aromatic heterocycles. The summed E-state index contributed by atoms with van der Waals surface area (Å²) < 4.78 is 5.15. The molecule has 2 rings (SSSR count). The molecular formula is C9H4BrN3O. The van der Waals surface area contributed by atoms with Gasteiger partial charge in [-0.15, -0.1) is 10.2 Å². The van der Waals surface area contributed by atoms with Crippen molar-refractivity contribution in [3.8, 4) is 17.5 Å². The summed E-state index contributed by atoms with van der Waals surface area (Å²) in [6, 6.07) is 8.96. The van der Waals surface area contributed by atoms with Crippen molar-refractivity contribution in [1.29, 1.82) is 5.26 Å². The fourth-order valence-electron chi connectivity index (χ4n) is 1.01. The molecule has 0 spiro atoms. The molecule has 0 N–H and O–H groups in total. The molecule has 0 unspecified atom stereocenters. The Bertz CT molecular complexity index is 484. The van der Waals surface area contributed by atoms with Crippen LogP contribution in [0.1, 0.15) is 5.56 Å². The van der Waals surface area contributed by atoms with Gasteiger partial charge in [-0.05, 0) is 24.3 Å². The van der Waals surface area contributed by atoms with Crippen LogP contribution in [0, 0.1) is 11.3 Å². The average Bonchev–Trinajstić information content (AvgIpc) is 2.65. The Labute approximate surface area is 88.3 Å². The molecule has 0 saturated carbocycles. The largest absolute Gasteiger partial charge is 0.411 e. The van der Waals surface area contributed by atoms with Crippen LogP contribution in [-0.4, -0.2) is 10.2 Å². The molecular weight excluding hydrogens is 246 g/mol. The molecule has 0 radical (unpaired) electrons. The van der Waals surface area contributed by atoms with E-state index in [0.29, 0.717) is 16.3 Å². The summed E-state index contributed by atoms with van der Waals surface area (Å²) in [6.45, 7) is 0. The lowest BCUT2D eigenvalue weighted by Crippen LogP contribution is -1.78. The second kappa shape index (κ2) is 3.60.